The molecule has 6 nitrogen and oxygen atoms in total. The Balaban J connectivity index is 2.78. The van der Waals surface area contributed by atoms with E-state index in [0.717, 1.165) is 11.3 Å². The van der Waals surface area contributed by atoms with Crippen LogP contribution in [0.4, 0.5) is 0 Å². The van der Waals surface area contributed by atoms with E-state index in [1.54, 1.807) is 20.8 Å². The summed E-state index contributed by atoms with van der Waals surface area (Å²) < 4.78 is 5.08. The molecule has 1 aromatic heterocycles. The highest BCUT2D eigenvalue weighted by Gasteiger charge is 2.26. The summed E-state index contributed by atoms with van der Waals surface area (Å²) in [5, 5.41) is 10.3. The first-order valence-corrected chi connectivity index (χ1v) is 5.76. The molecule has 0 saturated carbocycles. The van der Waals surface area contributed by atoms with Crippen LogP contribution in [0.15, 0.2) is 5.38 Å². The van der Waals surface area contributed by atoms with Crippen LogP contribution in [0, 0.1) is 0 Å². The normalized spacial score (nSPS) is 13.2. The van der Waals surface area contributed by atoms with Gasteiger partial charge in [0, 0.05) is 5.38 Å². The summed E-state index contributed by atoms with van der Waals surface area (Å²) in [5.41, 5.74) is 4.88. The Labute approximate surface area is 102 Å². The molecule has 0 aliphatic heterocycles. The molecule has 0 saturated heterocycles. The zero-order valence-corrected chi connectivity index (χ0v) is 10.6. The van der Waals surface area contributed by atoms with E-state index in [1.807, 2.05) is 0 Å². The fraction of sp³-hybridized carbons (Fsp3) is 0.500. The molecular weight excluding hydrogens is 244 g/mol. The summed E-state index contributed by atoms with van der Waals surface area (Å²) in [6.45, 7) is 5.17. The van der Waals surface area contributed by atoms with Crippen LogP contribution in [-0.2, 0) is 9.53 Å². The summed E-state index contributed by atoms with van der Waals surface area (Å²) in [7, 11) is 0. The number of nitrogens with zero attached hydrogens (tertiary/aromatic N) is 1. The molecule has 1 unspecified atom stereocenters. The Morgan fingerprint density at radius 3 is 2.53 bits per heavy atom. The second-order valence-electron chi connectivity index (χ2n) is 4.39. The largest absolute Gasteiger partial charge is 0.476 e. The number of carboxylic acids is 1. The molecule has 7 heteroatoms. The van der Waals surface area contributed by atoms with Crippen molar-refractivity contribution >= 4 is 23.3 Å². The Morgan fingerprint density at radius 2 is 2.12 bits per heavy atom. The van der Waals surface area contributed by atoms with Crippen molar-refractivity contribution in [3.63, 3.8) is 0 Å². The quantitative estimate of drug-likeness (QED) is 0.789. The Bertz CT molecular complexity index is 436. The first kappa shape index (κ1) is 13.6. The van der Waals surface area contributed by atoms with Crippen LogP contribution < -0.4 is 5.73 Å². The van der Waals surface area contributed by atoms with E-state index in [1.165, 1.54) is 5.38 Å². The molecule has 1 atom stereocenters. The van der Waals surface area contributed by atoms with Gasteiger partial charge in [-0.05, 0) is 20.8 Å². The highest BCUT2D eigenvalue weighted by atomic mass is 32.1. The fourth-order valence-electron chi connectivity index (χ4n) is 0.995. The molecule has 1 heterocycles. The lowest BCUT2D eigenvalue weighted by Gasteiger charge is -2.21. The minimum Gasteiger partial charge on any atom is -0.476 e. The molecule has 94 valence electrons. The van der Waals surface area contributed by atoms with Gasteiger partial charge in [-0.25, -0.2) is 14.6 Å². The van der Waals surface area contributed by atoms with Gasteiger partial charge >= 0.3 is 11.9 Å². The number of thiazole rings is 1. The van der Waals surface area contributed by atoms with E-state index in [9.17, 15) is 9.59 Å². The van der Waals surface area contributed by atoms with Gasteiger partial charge in [-0.1, -0.05) is 0 Å². The predicted octanol–water partition coefficient (Wildman–Crippen LogP) is 1.18. The van der Waals surface area contributed by atoms with Crippen molar-refractivity contribution in [2.45, 2.75) is 32.4 Å². The SMILES string of the molecule is CC(C)(C)OC(=O)C(N)c1nc(C(=O)O)cs1. The molecule has 0 bridgehead atoms. The summed E-state index contributed by atoms with van der Waals surface area (Å²) in [6, 6.07) is -1.05. The third-order valence-corrected chi connectivity index (χ3v) is 2.60. The molecule has 3 N–H and O–H groups in total. The van der Waals surface area contributed by atoms with Crippen LogP contribution in [0.25, 0.3) is 0 Å². The van der Waals surface area contributed by atoms with Gasteiger partial charge in [0.15, 0.2) is 11.7 Å². The van der Waals surface area contributed by atoms with Crippen molar-refractivity contribution in [1.82, 2.24) is 4.98 Å². The number of hydrogen-bond acceptors (Lipinski definition) is 6. The van der Waals surface area contributed by atoms with Crippen molar-refractivity contribution < 1.29 is 19.4 Å². The van der Waals surface area contributed by atoms with Crippen LogP contribution in [0.2, 0.25) is 0 Å². The Morgan fingerprint density at radius 1 is 1.53 bits per heavy atom. The number of carbonyl (C=O) groups is 2. The fourth-order valence-corrected chi connectivity index (χ4v) is 1.77. The minimum atomic E-state index is -1.15. The first-order chi connectivity index (χ1) is 7.70. The van der Waals surface area contributed by atoms with Crippen LogP contribution in [-0.4, -0.2) is 27.6 Å². The number of ether oxygens (including phenoxy) is 1. The predicted molar refractivity (Wildman–Crippen MR) is 61.8 cm³/mol. The standard InChI is InChI=1S/C10H14N2O4S/c1-10(2,3)16-9(15)6(11)7-12-5(4-17-7)8(13)14/h4,6H,11H2,1-3H3,(H,13,14). The molecule has 0 radical (unpaired) electrons. The average Bonchev–Trinajstić information content (AvgIpc) is 2.62. The lowest BCUT2D eigenvalue weighted by molar-refractivity contribution is -0.156. The second-order valence-corrected chi connectivity index (χ2v) is 5.28. The summed E-state index contributed by atoms with van der Waals surface area (Å²) in [5.74, 6) is -1.77. The number of carbonyl (C=O) groups excluding carboxylic acids is 1. The maximum atomic E-state index is 11.6. The van der Waals surface area contributed by atoms with E-state index in [0.29, 0.717) is 0 Å². The monoisotopic (exact) mass is 258 g/mol. The van der Waals surface area contributed by atoms with E-state index < -0.39 is 23.6 Å². The van der Waals surface area contributed by atoms with E-state index >= 15 is 0 Å². The van der Waals surface area contributed by atoms with Gasteiger partial charge in [0.1, 0.15) is 10.6 Å². The Hall–Kier alpha value is -1.47. The first-order valence-electron chi connectivity index (χ1n) is 4.88. The maximum Gasteiger partial charge on any atom is 0.355 e. The minimum absolute atomic E-state index is 0.121. The number of carboxylic acid groups (broad SMARTS) is 1. The third kappa shape index (κ3) is 3.79. The van der Waals surface area contributed by atoms with Crippen molar-refractivity contribution in [1.29, 1.82) is 0 Å². The maximum absolute atomic E-state index is 11.6. The number of aromatic carboxylic acids is 1. The highest BCUT2D eigenvalue weighted by Crippen LogP contribution is 2.20. The van der Waals surface area contributed by atoms with Crippen molar-refractivity contribution in [3.05, 3.63) is 16.1 Å². The number of hydrogen-bond donors (Lipinski definition) is 2. The number of esters is 1. The highest BCUT2D eigenvalue weighted by molar-refractivity contribution is 7.10. The van der Waals surface area contributed by atoms with Gasteiger partial charge in [-0.2, -0.15) is 0 Å². The molecule has 0 aliphatic carbocycles. The summed E-state index contributed by atoms with van der Waals surface area (Å²) in [4.78, 5) is 26.0. The third-order valence-electron chi connectivity index (χ3n) is 1.67. The molecule has 0 aromatic carbocycles. The van der Waals surface area contributed by atoms with Crippen molar-refractivity contribution in [2.24, 2.45) is 5.73 Å². The molecule has 0 fully saturated rings. The zero-order chi connectivity index (χ0) is 13.2. The number of aromatic nitrogens is 1. The van der Waals surface area contributed by atoms with Crippen LogP contribution in [0.1, 0.15) is 42.3 Å². The lowest BCUT2D eigenvalue weighted by Crippen LogP contribution is -2.31. The number of nitrogens with two attached hydrogens (primary N) is 1. The topological polar surface area (TPSA) is 103 Å². The van der Waals surface area contributed by atoms with Gasteiger partial charge in [0.25, 0.3) is 0 Å². The van der Waals surface area contributed by atoms with Crippen LogP contribution in [0.3, 0.4) is 0 Å². The van der Waals surface area contributed by atoms with Crippen molar-refractivity contribution in [3.8, 4) is 0 Å². The lowest BCUT2D eigenvalue weighted by atomic mass is 10.2. The second kappa shape index (κ2) is 4.80. The molecule has 0 aliphatic rings. The van der Waals surface area contributed by atoms with E-state index in [2.05, 4.69) is 4.98 Å². The van der Waals surface area contributed by atoms with E-state index in [-0.39, 0.29) is 10.7 Å². The van der Waals surface area contributed by atoms with E-state index in [4.69, 9.17) is 15.6 Å². The van der Waals surface area contributed by atoms with Crippen LogP contribution in [0.5, 0.6) is 0 Å². The van der Waals surface area contributed by atoms with Gasteiger partial charge in [0.05, 0.1) is 0 Å². The van der Waals surface area contributed by atoms with Gasteiger partial charge in [0.2, 0.25) is 0 Å². The molecule has 0 spiro atoms. The smallest absolute Gasteiger partial charge is 0.355 e. The molecule has 17 heavy (non-hydrogen) atoms. The zero-order valence-electron chi connectivity index (χ0n) is 9.76. The summed E-state index contributed by atoms with van der Waals surface area (Å²) >= 11 is 1.02. The van der Waals surface area contributed by atoms with Gasteiger partial charge in [-0.15, -0.1) is 11.3 Å². The average molecular weight is 258 g/mol. The van der Waals surface area contributed by atoms with Gasteiger partial charge in [-0.3, -0.25) is 0 Å². The molecule has 1 rings (SSSR count). The molecule has 0 amide bonds. The van der Waals surface area contributed by atoms with Crippen molar-refractivity contribution in [2.75, 3.05) is 0 Å². The Kier molecular flexibility index (Phi) is 3.84. The van der Waals surface area contributed by atoms with Crippen LogP contribution >= 0.6 is 11.3 Å². The molecular formula is C10H14N2O4S. The molecule has 1 aromatic rings. The summed E-state index contributed by atoms with van der Waals surface area (Å²) in [6.07, 6.45) is 0. The number of rotatable bonds is 3. The van der Waals surface area contributed by atoms with Gasteiger partial charge < -0.3 is 15.6 Å².